The number of aromatic amines is 2. The molecule has 0 saturated carbocycles. The van der Waals surface area contributed by atoms with Crippen molar-refractivity contribution in [1.82, 2.24) is 25.3 Å². The SMILES string of the molecule is Cc1nc2nccc(-c3cc4ccc(C(=O)N[C@@H](CO)CC(C)C)cc4[nH]3)c2[nH]1.O=C(O)C(F)(F)F. The Bertz CT molecular complexity index is 1380. The number of aliphatic hydroxyl groups excluding tert-OH is 1. The number of aryl methyl sites for hydroxylation is 1. The van der Waals surface area contributed by atoms with Gasteiger partial charge in [-0.25, -0.2) is 14.8 Å². The minimum atomic E-state index is -5.08. The largest absolute Gasteiger partial charge is 0.490 e. The summed E-state index contributed by atoms with van der Waals surface area (Å²) < 4.78 is 31.7. The molecule has 4 aromatic rings. The van der Waals surface area contributed by atoms with Crippen LogP contribution in [0.1, 0.15) is 36.5 Å². The number of halogens is 3. The van der Waals surface area contributed by atoms with Gasteiger partial charge in [-0.05, 0) is 43.5 Å². The molecule has 3 heterocycles. The molecule has 12 heteroatoms. The Labute approximate surface area is 203 Å². The van der Waals surface area contributed by atoms with Gasteiger partial charge in [-0.15, -0.1) is 0 Å². The molecule has 0 aliphatic heterocycles. The fourth-order valence-electron chi connectivity index (χ4n) is 3.68. The van der Waals surface area contributed by atoms with Gasteiger partial charge in [0, 0.05) is 33.9 Å². The molecule has 4 rings (SSSR count). The van der Waals surface area contributed by atoms with E-state index in [4.69, 9.17) is 9.90 Å². The van der Waals surface area contributed by atoms with Crippen LogP contribution in [0.25, 0.3) is 33.3 Å². The molecule has 1 aromatic carbocycles. The smallest absolute Gasteiger partial charge is 0.475 e. The molecular weight excluding hydrogens is 479 g/mol. The highest BCUT2D eigenvalue weighted by Gasteiger charge is 2.38. The van der Waals surface area contributed by atoms with Gasteiger partial charge in [-0.1, -0.05) is 19.9 Å². The van der Waals surface area contributed by atoms with Gasteiger partial charge in [0.15, 0.2) is 5.65 Å². The maximum Gasteiger partial charge on any atom is 0.490 e. The molecule has 1 atom stereocenters. The van der Waals surface area contributed by atoms with Crippen LogP contribution >= 0.6 is 0 Å². The number of pyridine rings is 1. The Morgan fingerprint density at radius 1 is 1.14 bits per heavy atom. The highest BCUT2D eigenvalue weighted by Crippen LogP contribution is 2.29. The number of benzene rings is 1. The molecule has 3 aromatic heterocycles. The zero-order valence-corrected chi connectivity index (χ0v) is 19.8. The fourth-order valence-corrected chi connectivity index (χ4v) is 3.68. The first-order valence-corrected chi connectivity index (χ1v) is 11.0. The quantitative estimate of drug-likeness (QED) is 0.266. The van der Waals surface area contributed by atoms with Crippen LogP contribution in [-0.2, 0) is 4.79 Å². The number of carbonyl (C=O) groups is 2. The van der Waals surface area contributed by atoms with Gasteiger partial charge >= 0.3 is 12.1 Å². The van der Waals surface area contributed by atoms with Crippen molar-refractivity contribution in [2.45, 2.75) is 39.4 Å². The summed E-state index contributed by atoms with van der Waals surface area (Å²) in [5, 5.41) is 20.6. The Morgan fingerprint density at radius 3 is 2.44 bits per heavy atom. The van der Waals surface area contributed by atoms with Crippen molar-refractivity contribution in [1.29, 1.82) is 0 Å². The van der Waals surface area contributed by atoms with Gasteiger partial charge in [0.2, 0.25) is 0 Å². The van der Waals surface area contributed by atoms with Crippen molar-refractivity contribution in [3.63, 3.8) is 0 Å². The van der Waals surface area contributed by atoms with E-state index in [1.54, 1.807) is 6.20 Å². The van der Waals surface area contributed by atoms with E-state index in [-0.39, 0.29) is 18.6 Å². The van der Waals surface area contributed by atoms with Crippen LogP contribution in [0.3, 0.4) is 0 Å². The number of aliphatic hydroxyl groups is 1. The van der Waals surface area contributed by atoms with Crippen LogP contribution in [0.4, 0.5) is 13.2 Å². The van der Waals surface area contributed by atoms with E-state index in [0.29, 0.717) is 17.1 Å². The average Bonchev–Trinajstić information content (AvgIpc) is 3.39. The number of carboxylic acid groups (broad SMARTS) is 1. The summed E-state index contributed by atoms with van der Waals surface area (Å²) in [6, 6.07) is 9.33. The molecule has 192 valence electrons. The third kappa shape index (κ3) is 6.39. The van der Waals surface area contributed by atoms with Gasteiger partial charge in [-0.2, -0.15) is 13.2 Å². The monoisotopic (exact) mass is 505 g/mol. The second-order valence-corrected chi connectivity index (χ2v) is 8.65. The highest BCUT2D eigenvalue weighted by atomic mass is 19.4. The summed E-state index contributed by atoms with van der Waals surface area (Å²) in [6.07, 6.45) is -2.61. The molecule has 36 heavy (non-hydrogen) atoms. The van der Waals surface area contributed by atoms with E-state index in [1.807, 2.05) is 31.2 Å². The lowest BCUT2D eigenvalue weighted by Crippen LogP contribution is -2.38. The predicted octanol–water partition coefficient (Wildman–Crippen LogP) is 4.18. The summed E-state index contributed by atoms with van der Waals surface area (Å²) in [7, 11) is 0. The van der Waals surface area contributed by atoms with Crippen molar-refractivity contribution in [2.75, 3.05) is 6.61 Å². The lowest BCUT2D eigenvalue weighted by atomic mass is 10.0. The summed E-state index contributed by atoms with van der Waals surface area (Å²) in [5.74, 6) is -1.73. The Kier molecular flexibility index (Phi) is 7.98. The maximum absolute atomic E-state index is 12.6. The molecule has 0 spiro atoms. The predicted molar refractivity (Wildman–Crippen MR) is 127 cm³/mol. The van der Waals surface area contributed by atoms with Crippen molar-refractivity contribution in [2.24, 2.45) is 5.92 Å². The number of nitrogens with one attached hydrogen (secondary N) is 3. The van der Waals surface area contributed by atoms with E-state index >= 15 is 0 Å². The normalized spacial score (nSPS) is 12.4. The number of amides is 1. The first-order valence-electron chi connectivity index (χ1n) is 11.0. The van der Waals surface area contributed by atoms with Gasteiger partial charge in [0.1, 0.15) is 5.82 Å². The maximum atomic E-state index is 12.6. The zero-order valence-electron chi connectivity index (χ0n) is 19.8. The second-order valence-electron chi connectivity index (χ2n) is 8.65. The molecule has 0 unspecified atom stereocenters. The third-order valence-corrected chi connectivity index (χ3v) is 5.24. The van der Waals surface area contributed by atoms with Crippen molar-refractivity contribution in [3.8, 4) is 11.3 Å². The van der Waals surface area contributed by atoms with Gasteiger partial charge in [-0.3, -0.25) is 4.79 Å². The van der Waals surface area contributed by atoms with Crippen LogP contribution < -0.4 is 5.32 Å². The molecule has 0 bridgehead atoms. The van der Waals surface area contributed by atoms with Gasteiger partial charge < -0.3 is 25.5 Å². The topological polar surface area (TPSA) is 144 Å². The number of alkyl halides is 3. The molecule has 0 saturated heterocycles. The fraction of sp³-hybridized carbons (Fsp3) is 0.333. The van der Waals surface area contributed by atoms with E-state index in [2.05, 4.69) is 45.2 Å². The van der Waals surface area contributed by atoms with E-state index < -0.39 is 12.1 Å². The number of hydrogen-bond donors (Lipinski definition) is 5. The summed E-state index contributed by atoms with van der Waals surface area (Å²) >= 11 is 0. The van der Waals surface area contributed by atoms with Gasteiger partial charge in [0.05, 0.1) is 18.2 Å². The van der Waals surface area contributed by atoms with Crippen LogP contribution in [0.5, 0.6) is 0 Å². The standard InChI is InChI=1S/C22H25N5O2.C2HF3O2/c1-12(2)8-16(11-28)26-22(29)15-5-4-14-9-19(27-18(14)10-15)17-6-7-23-21-20(17)24-13(3)25-21;3-2(4,5)1(6)7/h4-7,9-10,12,16,27-28H,8,11H2,1-3H3,(H,26,29)(H,23,24,25);(H,6,7)/t16-;/m1./s1. The minimum absolute atomic E-state index is 0.0690. The summed E-state index contributed by atoms with van der Waals surface area (Å²) in [5.41, 5.74) is 4.91. The van der Waals surface area contributed by atoms with Crippen molar-refractivity contribution >= 4 is 33.9 Å². The molecule has 1 amide bonds. The number of aliphatic carboxylic acids is 1. The first-order chi connectivity index (χ1) is 16.9. The molecular formula is C24H26F3N5O4. The Hall–Kier alpha value is -3.93. The van der Waals surface area contributed by atoms with E-state index in [9.17, 15) is 23.1 Å². The van der Waals surface area contributed by atoms with Gasteiger partial charge in [0.25, 0.3) is 5.91 Å². The molecule has 0 aliphatic carbocycles. The second kappa shape index (κ2) is 10.8. The molecule has 9 nitrogen and oxygen atoms in total. The first kappa shape index (κ1) is 26.7. The third-order valence-electron chi connectivity index (χ3n) is 5.24. The number of H-pyrrole nitrogens is 2. The number of carbonyl (C=O) groups excluding carboxylic acids is 1. The highest BCUT2D eigenvalue weighted by molar-refractivity contribution is 6.00. The number of nitrogens with zero attached hydrogens (tertiary/aromatic N) is 2. The lowest BCUT2D eigenvalue weighted by molar-refractivity contribution is -0.192. The zero-order chi connectivity index (χ0) is 26.6. The van der Waals surface area contributed by atoms with Crippen molar-refractivity contribution < 1.29 is 33.0 Å². The number of carboxylic acids is 1. The summed E-state index contributed by atoms with van der Waals surface area (Å²) in [6.45, 7) is 5.97. The molecule has 5 N–H and O–H groups in total. The number of imidazole rings is 1. The number of aromatic nitrogens is 4. The average molecular weight is 505 g/mol. The van der Waals surface area contributed by atoms with E-state index in [1.165, 1.54) is 0 Å². The summed E-state index contributed by atoms with van der Waals surface area (Å²) in [4.78, 5) is 36.9. The van der Waals surface area contributed by atoms with Crippen molar-refractivity contribution in [3.05, 3.63) is 47.9 Å². The number of fused-ring (bicyclic) bond motifs is 2. The molecule has 0 radical (unpaired) electrons. The van der Waals surface area contributed by atoms with E-state index in [0.717, 1.165) is 39.9 Å². The molecule has 0 aliphatic rings. The Morgan fingerprint density at radius 2 is 1.83 bits per heavy atom. The van der Waals surface area contributed by atoms with Crippen LogP contribution in [-0.4, -0.2) is 60.9 Å². The number of hydrogen-bond acceptors (Lipinski definition) is 5. The minimum Gasteiger partial charge on any atom is -0.475 e. The Balaban J connectivity index is 0.000000454. The van der Waals surface area contributed by atoms with Crippen LogP contribution in [0, 0.1) is 12.8 Å². The molecule has 0 fully saturated rings. The lowest BCUT2D eigenvalue weighted by Gasteiger charge is -2.18. The van der Waals surface area contributed by atoms with Crippen LogP contribution in [0.2, 0.25) is 0 Å². The van der Waals surface area contributed by atoms with Crippen LogP contribution in [0.15, 0.2) is 36.5 Å². The number of rotatable bonds is 6.